The summed E-state index contributed by atoms with van der Waals surface area (Å²) in [6, 6.07) is 0. The Kier molecular flexibility index (Phi) is 7.00. The van der Waals surface area contributed by atoms with Crippen LogP contribution in [0.25, 0.3) is 0 Å². The first-order valence-corrected chi connectivity index (χ1v) is 8.04. The van der Waals surface area contributed by atoms with E-state index in [9.17, 15) is 18.0 Å². The van der Waals surface area contributed by atoms with Gasteiger partial charge in [0.25, 0.3) is 0 Å². The van der Waals surface area contributed by atoms with Crippen molar-refractivity contribution >= 4 is 6.29 Å². The summed E-state index contributed by atoms with van der Waals surface area (Å²) < 4.78 is 39.6. The first-order valence-electron chi connectivity index (χ1n) is 8.04. The molecule has 0 aliphatic heterocycles. The van der Waals surface area contributed by atoms with Gasteiger partial charge < -0.3 is 0 Å². The molecule has 0 saturated carbocycles. The van der Waals surface area contributed by atoms with Gasteiger partial charge in [0.15, 0.2) is 0 Å². The third kappa shape index (κ3) is 5.99. The highest BCUT2D eigenvalue weighted by molar-refractivity contribution is 5.67. The summed E-state index contributed by atoms with van der Waals surface area (Å²) in [5.74, 6) is 0. The van der Waals surface area contributed by atoms with Gasteiger partial charge in [-0.3, -0.25) is 4.79 Å². The molecule has 0 heterocycles. The maximum atomic E-state index is 13.2. The van der Waals surface area contributed by atoms with Crippen LogP contribution in [0.2, 0.25) is 0 Å². The molecule has 0 aromatic carbocycles. The summed E-state index contributed by atoms with van der Waals surface area (Å²) >= 11 is 0. The molecule has 0 spiro atoms. The largest absolute Gasteiger partial charge is 0.416 e. The van der Waals surface area contributed by atoms with Gasteiger partial charge in [0.2, 0.25) is 0 Å². The first kappa shape index (κ1) is 20.2. The van der Waals surface area contributed by atoms with Gasteiger partial charge in [0.05, 0.1) is 5.57 Å². The van der Waals surface area contributed by atoms with E-state index in [1.807, 2.05) is 6.92 Å². The van der Waals surface area contributed by atoms with Gasteiger partial charge >= 0.3 is 6.18 Å². The normalized spacial score (nSPS) is 20.3. The molecule has 0 atom stereocenters. The van der Waals surface area contributed by atoms with Crippen LogP contribution in [0.15, 0.2) is 58.7 Å². The minimum atomic E-state index is -4.42. The molecule has 0 unspecified atom stereocenters. The second kappa shape index (κ2) is 8.32. The Labute approximate surface area is 142 Å². The molecule has 132 valence electrons. The molecule has 0 bridgehead atoms. The van der Waals surface area contributed by atoms with Crippen LogP contribution >= 0.6 is 0 Å². The van der Waals surface area contributed by atoms with E-state index in [4.69, 9.17) is 0 Å². The Bertz CT molecular complexity index is 611. The van der Waals surface area contributed by atoms with Gasteiger partial charge in [0, 0.05) is 0 Å². The molecule has 0 amide bonds. The van der Waals surface area contributed by atoms with Crippen molar-refractivity contribution in [2.75, 3.05) is 0 Å². The van der Waals surface area contributed by atoms with Crippen LogP contribution in [-0.4, -0.2) is 12.5 Å². The predicted molar refractivity (Wildman–Crippen MR) is 92.6 cm³/mol. The van der Waals surface area contributed by atoms with Crippen LogP contribution in [0.5, 0.6) is 0 Å². The molecular weight excluding hydrogens is 313 g/mol. The van der Waals surface area contributed by atoms with Crippen molar-refractivity contribution in [2.24, 2.45) is 5.41 Å². The van der Waals surface area contributed by atoms with Crippen LogP contribution in [0.1, 0.15) is 47.0 Å². The van der Waals surface area contributed by atoms with Crippen molar-refractivity contribution in [1.82, 2.24) is 0 Å². The SMILES string of the molecule is CC1=C(/C=C/C(=C/C=C/C(C)=C/C=O)C(F)(F)F)C(C)(C)CCC1. The van der Waals surface area contributed by atoms with Crippen LogP contribution in [0.3, 0.4) is 0 Å². The van der Waals surface area contributed by atoms with Crippen LogP contribution < -0.4 is 0 Å². The highest BCUT2D eigenvalue weighted by atomic mass is 19.4. The fourth-order valence-electron chi connectivity index (χ4n) is 2.89. The molecule has 1 rings (SSSR count). The molecule has 0 N–H and O–H groups in total. The van der Waals surface area contributed by atoms with Crippen molar-refractivity contribution in [1.29, 1.82) is 0 Å². The number of halogens is 3. The van der Waals surface area contributed by atoms with Crippen molar-refractivity contribution < 1.29 is 18.0 Å². The summed E-state index contributed by atoms with van der Waals surface area (Å²) in [5.41, 5.74) is 1.93. The number of carbonyl (C=O) groups is 1. The average Bonchev–Trinajstić information content (AvgIpc) is 2.43. The Balaban J connectivity index is 3.11. The Morgan fingerprint density at radius 1 is 1.17 bits per heavy atom. The second-order valence-electron chi connectivity index (χ2n) is 6.79. The van der Waals surface area contributed by atoms with E-state index in [0.717, 1.165) is 42.6 Å². The van der Waals surface area contributed by atoms with E-state index >= 15 is 0 Å². The van der Waals surface area contributed by atoms with E-state index in [0.29, 0.717) is 11.9 Å². The fourth-order valence-corrected chi connectivity index (χ4v) is 2.89. The number of hydrogen-bond acceptors (Lipinski definition) is 1. The monoisotopic (exact) mass is 338 g/mol. The molecule has 1 nitrogen and oxygen atoms in total. The molecule has 0 fully saturated rings. The molecular formula is C20H25F3O. The summed E-state index contributed by atoms with van der Waals surface area (Å²) in [7, 11) is 0. The van der Waals surface area contributed by atoms with Gasteiger partial charge in [0.1, 0.15) is 6.29 Å². The zero-order valence-electron chi connectivity index (χ0n) is 14.7. The van der Waals surface area contributed by atoms with E-state index < -0.39 is 11.7 Å². The van der Waals surface area contributed by atoms with Crippen LogP contribution in [0.4, 0.5) is 13.2 Å². The quantitative estimate of drug-likeness (QED) is 0.328. The highest BCUT2D eigenvalue weighted by Gasteiger charge is 2.32. The zero-order chi connectivity index (χ0) is 18.4. The minimum absolute atomic E-state index is 0.103. The second-order valence-corrected chi connectivity index (χ2v) is 6.79. The third-order valence-corrected chi connectivity index (χ3v) is 4.27. The molecule has 1 aliphatic carbocycles. The Morgan fingerprint density at radius 3 is 2.38 bits per heavy atom. The lowest BCUT2D eigenvalue weighted by Gasteiger charge is -2.33. The lowest BCUT2D eigenvalue weighted by Crippen LogP contribution is -2.19. The van der Waals surface area contributed by atoms with Crippen LogP contribution in [-0.2, 0) is 4.79 Å². The molecule has 0 saturated heterocycles. The lowest BCUT2D eigenvalue weighted by molar-refractivity contribution is -0.104. The lowest BCUT2D eigenvalue weighted by atomic mass is 9.72. The van der Waals surface area contributed by atoms with Crippen molar-refractivity contribution in [3.8, 4) is 0 Å². The number of rotatable bonds is 5. The zero-order valence-corrected chi connectivity index (χ0v) is 14.7. The van der Waals surface area contributed by atoms with Crippen molar-refractivity contribution in [3.63, 3.8) is 0 Å². The number of allylic oxidation sites excluding steroid dienone is 10. The predicted octanol–water partition coefficient (Wildman–Crippen LogP) is 6.26. The fraction of sp³-hybridized carbons (Fsp3) is 0.450. The standard InChI is InChI=1S/C20H25F3O/c1-15(12-14-24)7-5-9-17(20(21,22)23)10-11-18-16(2)8-6-13-19(18,3)4/h5,7,9-12,14H,6,8,13H2,1-4H3/b7-5+,11-10+,15-12+,17-9-. The minimum Gasteiger partial charge on any atom is -0.299 e. The summed E-state index contributed by atoms with van der Waals surface area (Å²) in [6.07, 6.45) is 7.04. The molecule has 0 aromatic rings. The van der Waals surface area contributed by atoms with Crippen molar-refractivity contribution in [2.45, 2.75) is 53.1 Å². The topological polar surface area (TPSA) is 17.1 Å². The number of alkyl halides is 3. The maximum absolute atomic E-state index is 13.2. The number of aldehydes is 1. The van der Waals surface area contributed by atoms with Gasteiger partial charge in [-0.25, -0.2) is 0 Å². The first-order chi connectivity index (χ1) is 11.1. The molecule has 24 heavy (non-hydrogen) atoms. The summed E-state index contributed by atoms with van der Waals surface area (Å²) in [4.78, 5) is 10.3. The van der Waals surface area contributed by atoms with Gasteiger partial charge in [-0.15, -0.1) is 0 Å². The third-order valence-electron chi connectivity index (χ3n) is 4.27. The number of carbonyl (C=O) groups excluding carboxylic acids is 1. The van der Waals surface area contributed by atoms with Crippen molar-refractivity contribution in [3.05, 3.63) is 58.7 Å². The Hall–Kier alpha value is -1.84. The van der Waals surface area contributed by atoms with Crippen LogP contribution in [0, 0.1) is 5.41 Å². The van der Waals surface area contributed by atoms with Gasteiger partial charge in [-0.2, -0.15) is 13.2 Å². The van der Waals surface area contributed by atoms with E-state index in [1.54, 1.807) is 13.0 Å². The van der Waals surface area contributed by atoms with E-state index in [2.05, 4.69) is 13.8 Å². The Morgan fingerprint density at radius 2 is 1.83 bits per heavy atom. The molecule has 0 aromatic heterocycles. The average molecular weight is 338 g/mol. The molecule has 1 aliphatic rings. The summed E-state index contributed by atoms with van der Waals surface area (Å²) in [6.45, 7) is 7.78. The smallest absolute Gasteiger partial charge is 0.299 e. The molecule has 0 radical (unpaired) electrons. The highest BCUT2D eigenvalue weighted by Crippen LogP contribution is 2.41. The maximum Gasteiger partial charge on any atom is 0.416 e. The summed E-state index contributed by atoms with van der Waals surface area (Å²) in [5, 5.41) is 0. The van der Waals surface area contributed by atoms with E-state index in [-0.39, 0.29) is 5.41 Å². The molecule has 4 heteroatoms. The van der Waals surface area contributed by atoms with Gasteiger partial charge in [-0.1, -0.05) is 43.7 Å². The van der Waals surface area contributed by atoms with Gasteiger partial charge in [-0.05, 0) is 61.8 Å². The number of hydrogen-bond donors (Lipinski definition) is 0. The van der Waals surface area contributed by atoms with E-state index in [1.165, 1.54) is 18.2 Å².